The van der Waals surface area contributed by atoms with Gasteiger partial charge in [-0.3, -0.25) is 0 Å². The molecule has 0 saturated carbocycles. The molecule has 0 heterocycles. The van der Waals surface area contributed by atoms with E-state index in [4.69, 9.17) is 14.2 Å². The second-order valence-corrected chi connectivity index (χ2v) is 7.46. The van der Waals surface area contributed by atoms with Crippen LogP contribution in [0.5, 0.6) is 17.2 Å². The minimum absolute atomic E-state index is 0.345. The molecule has 0 spiro atoms. The fourth-order valence-corrected chi connectivity index (χ4v) is 4.04. The summed E-state index contributed by atoms with van der Waals surface area (Å²) in [5.74, 6) is 2.53. The Balaban J connectivity index is 2.15. The molecule has 134 valence electrons. The first-order chi connectivity index (χ1) is 12.6. The van der Waals surface area contributed by atoms with Crippen LogP contribution in [-0.2, 0) is 3.42 Å². The minimum atomic E-state index is -0.345. The van der Waals surface area contributed by atoms with E-state index in [0.717, 1.165) is 17.2 Å². The van der Waals surface area contributed by atoms with Crippen LogP contribution in [0, 0.1) is 0 Å². The molecular formula is C22H21IO3. The fourth-order valence-electron chi connectivity index (χ4n) is 2.96. The van der Waals surface area contributed by atoms with Gasteiger partial charge in [0.05, 0.1) is 24.8 Å². The van der Waals surface area contributed by atoms with Crippen LogP contribution in [0.4, 0.5) is 0 Å². The van der Waals surface area contributed by atoms with Crippen molar-refractivity contribution in [3.05, 3.63) is 89.5 Å². The highest BCUT2D eigenvalue weighted by atomic mass is 127. The number of benzene rings is 3. The third kappa shape index (κ3) is 3.51. The normalized spacial score (nSPS) is 11.1. The molecule has 3 rings (SSSR count). The summed E-state index contributed by atoms with van der Waals surface area (Å²) in [6.45, 7) is 0. The van der Waals surface area contributed by atoms with Gasteiger partial charge in [-0.2, -0.15) is 0 Å². The summed E-state index contributed by atoms with van der Waals surface area (Å²) in [5.41, 5.74) is 3.53. The Kier molecular flexibility index (Phi) is 5.71. The van der Waals surface area contributed by atoms with E-state index in [-0.39, 0.29) is 3.42 Å². The Morgan fingerprint density at radius 1 is 0.500 bits per heavy atom. The molecule has 0 radical (unpaired) electrons. The van der Waals surface area contributed by atoms with Crippen molar-refractivity contribution in [2.45, 2.75) is 3.42 Å². The van der Waals surface area contributed by atoms with Crippen LogP contribution in [0.15, 0.2) is 72.8 Å². The van der Waals surface area contributed by atoms with Crippen molar-refractivity contribution in [1.82, 2.24) is 0 Å². The van der Waals surface area contributed by atoms with Gasteiger partial charge in [0, 0.05) is 0 Å². The van der Waals surface area contributed by atoms with Crippen LogP contribution in [-0.4, -0.2) is 21.3 Å². The van der Waals surface area contributed by atoms with Gasteiger partial charge in [-0.15, -0.1) is 0 Å². The molecule has 0 bridgehead atoms. The van der Waals surface area contributed by atoms with Gasteiger partial charge in [-0.25, -0.2) is 0 Å². The van der Waals surface area contributed by atoms with E-state index < -0.39 is 0 Å². The SMILES string of the molecule is COc1ccc(C(I)(c2ccc(OC)cc2)c2ccc(OC)cc2)cc1. The van der Waals surface area contributed by atoms with Gasteiger partial charge in [0.2, 0.25) is 0 Å². The zero-order chi connectivity index (χ0) is 18.6. The Hall–Kier alpha value is -2.21. The van der Waals surface area contributed by atoms with E-state index in [1.807, 2.05) is 36.4 Å². The Morgan fingerprint density at radius 2 is 0.731 bits per heavy atom. The number of alkyl halides is 1. The lowest BCUT2D eigenvalue weighted by molar-refractivity contribution is 0.414. The number of hydrogen-bond donors (Lipinski definition) is 0. The Bertz CT molecular complexity index is 724. The van der Waals surface area contributed by atoms with Crippen LogP contribution < -0.4 is 14.2 Å². The van der Waals surface area contributed by atoms with Crippen LogP contribution in [0.25, 0.3) is 0 Å². The fraction of sp³-hybridized carbons (Fsp3) is 0.182. The van der Waals surface area contributed by atoms with Gasteiger partial charge in [0.15, 0.2) is 0 Å². The molecule has 3 aromatic rings. The van der Waals surface area contributed by atoms with Crippen LogP contribution in [0.1, 0.15) is 16.7 Å². The highest BCUT2D eigenvalue weighted by molar-refractivity contribution is 14.1. The van der Waals surface area contributed by atoms with Crippen molar-refractivity contribution in [1.29, 1.82) is 0 Å². The largest absolute Gasteiger partial charge is 0.497 e. The van der Waals surface area contributed by atoms with Crippen LogP contribution in [0.3, 0.4) is 0 Å². The molecule has 26 heavy (non-hydrogen) atoms. The predicted octanol–water partition coefficient (Wildman–Crippen LogP) is 5.44. The summed E-state index contributed by atoms with van der Waals surface area (Å²) in [5, 5.41) is 0. The summed E-state index contributed by atoms with van der Waals surface area (Å²) >= 11 is 2.52. The molecule has 0 aliphatic carbocycles. The van der Waals surface area contributed by atoms with E-state index in [2.05, 4.69) is 59.0 Å². The average Bonchev–Trinajstić information content (AvgIpc) is 2.73. The Labute approximate surface area is 168 Å². The van der Waals surface area contributed by atoms with Gasteiger partial charge in [-0.1, -0.05) is 59.0 Å². The third-order valence-electron chi connectivity index (χ3n) is 4.46. The second-order valence-electron chi connectivity index (χ2n) is 5.84. The number of rotatable bonds is 6. The topological polar surface area (TPSA) is 27.7 Å². The molecule has 0 unspecified atom stereocenters. The van der Waals surface area contributed by atoms with Crippen molar-refractivity contribution in [2.24, 2.45) is 0 Å². The number of hydrogen-bond acceptors (Lipinski definition) is 3. The summed E-state index contributed by atoms with van der Waals surface area (Å²) in [4.78, 5) is 0. The quantitative estimate of drug-likeness (QED) is 0.279. The maximum atomic E-state index is 5.32. The molecule has 0 atom stereocenters. The molecular weight excluding hydrogens is 439 g/mol. The summed E-state index contributed by atoms with van der Waals surface area (Å²) in [6, 6.07) is 24.6. The molecule has 4 heteroatoms. The monoisotopic (exact) mass is 460 g/mol. The molecule has 0 amide bonds. The van der Waals surface area contributed by atoms with Crippen LogP contribution >= 0.6 is 22.6 Å². The zero-order valence-electron chi connectivity index (χ0n) is 15.0. The van der Waals surface area contributed by atoms with E-state index >= 15 is 0 Å². The number of ether oxygens (including phenoxy) is 3. The molecule has 3 nitrogen and oxygen atoms in total. The van der Waals surface area contributed by atoms with E-state index in [0.29, 0.717) is 0 Å². The van der Waals surface area contributed by atoms with Crippen LogP contribution in [0.2, 0.25) is 0 Å². The molecule has 0 N–H and O–H groups in total. The number of methoxy groups -OCH3 is 3. The molecule has 0 saturated heterocycles. The summed E-state index contributed by atoms with van der Waals surface area (Å²) < 4.78 is 15.6. The van der Waals surface area contributed by atoms with Crippen molar-refractivity contribution >= 4 is 22.6 Å². The van der Waals surface area contributed by atoms with Crippen molar-refractivity contribution < 1.29 is 14.2 Å². The van der Waals surface area contributed by atoms with Gasteiger partial charge in [-0.05, 0) is 53.1 Å². The molecule has 0 aliphatic rings. The smallest absolute Gasteiger partial charge is 0.118 e. The van der Waals surface area contributed by atoms with Gasteiger partial charge >= 0.3 is 0 Å². The first kappa shape index (κ1) is 18.6. The first-order valence-corrected chi connectivity index (χ1v) is 9.32. The standard InChI is InChI=1S/C22H21IO3/c1-24-19-10-4-16(5-11-19)22(23,17-6-12-20(25-2)13-7-17)18-8-14-21(26-3)15-9-18/h4-15H,1-3H3. The van der Waals surface area contributed by atoms with Crippen molar-refractivity contribution in [2.75, 3.05) is 21.3 Å². The highest BCUT2D eigenvalue weighted by Crippen LogP contribution is 2.46. The summed E-state index contributed by atoms with van der Waals surface area (Å²) in [7, 11) is 5.04. The molecule has 0 aromatic heterocycles. The van der Waals surface area contributed by atoms with E-state index in [1.165, 1.54) is 16.7 Å². The minimum Gasteiger partial charge on any atom is -0.497 e. The third-order valence-corrected chi connectivity index (χ3v) is 6.33. The molecule has 0 aliphatic heterocycles. The lowest BCUT2D eigenvalue weighted by atomic mass is 9.85. The van der Waals surface area contributed by atoms with Crippen molar-refractivity contribution in [3.63, 3.8) is 0 Å². The zero-order valence-corrected chi connectivity index (χ0v) is 17.2. The summed E-state index contributed by atoms with van der Waals surface area (Å²) in [6.07, 6.45) is 0. The van der Waals surface area contributed by atoms with E-state index in [9.17, 15) is 0 Å². The van der Waals surface area contributed by atoms with Crippen molar-refractivity contribution in [3.8, 4) is 17.2 Å². The van der Waals surface area contributed by atoms with Gasteiger partial charge < -0.3 is 14.2 Å². The first-order valence-electron chi connectivity index (χ1n) is 8.24. The second kappa shape index (κ2) is 7.99. The molecule has 0 fully saturated rings. The maximum Gasteiger partial charge on any atom is 0.118 e. The Morgan fingerprint density at radius 3 is 0.923 bits per heavy atom. The maximum absolute atomic E-state index is 5.32. The van der Waals surface area contributed by atoms with E-state index in [1.54, 1.807) is 21.3 Å². The van der Waals surface area contributed by atoms with Gasteiger partial charge in [0.25, 0.3) is 0 Å². The van der Waals surface area contributed by atoms with Gasteiger partial charge in [0.1, 0.15) is 17.2 Å². The highest BCUT2D eigenvalue weighted by Gasteiger charge is 2.33. The predicted molar refractivity (Wildman–Crippen MR) is 113 cm³/mol. The molecule has 3 aromatic carbocycles. The lowest BCUT2D eigenvalue weighted by Gasteiger charge is -2.30. The lowest BCUT2D eigenvalue weighted by Crippen LogP contribution is -2.21. The average molecular weight is 460 g/mol. The number of halogens is 1.